The van der Waals surface area contributed by atoms with Gasteiger partial charge >= 0.3 is 6.09 Å². The number of benzene rings is 2. The maximum atomic E-state index is 12.8. The normalized spacial score (nSPS) is 18.4. The molecule has 3 amide bonds. The quantitative estimate of drug-likeness (QED) is 0.496. The number of ether oxygens (including phenoxy) is 1. The number of carbonyl (C=O) groups excluding carboxylic acids is 3. The molecule has 2 saturated heterocycles. The monoisotopic (exact) mass is 528 g/mol. The molecule has 0 radical (unpaired) electrons. The smallest absolute Gasteiger partial charge is 0.410 e. The highest BCUT2D eigenvalue weighted by Crippen LogP contribution is 2.33. The molecule has 1 atom stereocenters. The predicted octanol–water partition coefficient (Wildman–Crippen LogP) is 5.13. The molecular weight excluding hydrogens is 492 g/mol. The SMILES string of the molecule is CC(C)(C)OC(=O)N1CCC(CNC(=O)c2ccc(C3CC(=O)N(c4ccc5cnccc5c4)C3)cc2)CC1. The molecule has 3 heterocycles. The number of amides is 3. The van der Waals surface area contributed by atoms with Crippen molar-refractivity contribution < 1.29 is 19.1 Å². The van der Waals surface area contributed by atoms with Gasteiger partial charge in [0.1, 0.15) is 5.60 Å². The highest BCUT2D eigenvalue weighted by Gasteiger charge is 2.32. The van der Waals surface area contributed by atoms with Crippen molar-refractivity contribution in [3.63, 3.8) is 0 Å². The van der Waals surface area contributed by atoms with Gasteiger partial charge in [-0.3, -0.25) is 14.6 Å². The summed E-state index contributed by atoms with van der Waals surface area (Å²) in [6.45, 7) is 8.07. The summed E-state index contributed by atoms with van der Waals surface area (Å²) in [6.07, 6.45) is 5.42. The Morgan fingerprint density at radius 1 is 1.03 bits per heavy atom. The molecule has 39 heavy (non-hydrogen) atoms. The van der Waals surface area contributed by atoms with Gasteiger partial charge in [0.05, 0.1) is 0 Å². The summed E-state index contributed by atoms with van der Waals surface area (Å²) >= 11 is 0. The summed E-state index contributed by atoms with van der Waals surface area (Å²) in [4.78, 5) is 45.6. The van der Waals surface area contributed by atoms with E-state index in [1.165, 1.54) is 0 Å². The van der Waals surface area contributed by atoms with Gasteiger partial charge in [-0.2, -0.15) is 0 Å². The summed E-state index contributed by atoms with van der Waals surface area (Å²) in [5, 5.41) is 5.15. The zero-order chi connectivity index (χ0) is 27.6. The minimum atomic E-state index is -0.501. The van der Waals surface area contributed by atoms with E-state index in [9.17, 15) is 14.4 Å². The van der Waals surface area contributed by atoms with Crippen LogP contribution >= 0.6 is 0 Å². The fourth-order valence-electron chi connectivity index (χ4n) is 5.31. The van der Waals surface area contributed by atoms with E-state index in [1.54, 1.807) is 11.1 Å². The number of likely N-dealkylation sites (tertiary alicyclic amines) is 1. The van der Waals surface area contributed by atoms with Crippen molar-refractivity contribution in [2.45, 2.75) is 51.6 Å². The fraction of sp³-hybridized carbons (Fsp3) is 0.419. The Balaban J connectivity index is 1.12. The van der Waals surface area contributed by atoms with Crippen LogP contribution in [-0.2, 0) is 9.53 Å². The molecule has 1 N–H and O–H groups in total. The standard InChI is InChI=1S/C31H36N4O4/c1-31(2,3)39-30(38)34-14-11-21(12-15-34)18-33-29(37)23-6-4-22(5-7-23)26-17-28(36)35(20-26)27-9-8-25-19-32-13-10-24(25)16-27/h4-10,13,16,19,21,26H,11-12,14-15,17-18,20H2,1-3H3,(H,33,37). The lowest BCUT2D eigenvalue weighted by atomic mass is 9.96. The third-order valence-corrected chi connectivity index (χ3v) is 7.52. The Hall–Kier alpha value is -3.94. The van der Waals surface area contributed by atoms with Crippen molar-refractivity contribution in [1.29, 1.82) is 0 Å². The molecule has 8 heteroatoms. The summed E-state index contributed by atoms with van der Waals surface area (Å²) in [7, 11) is 0. The highest BCUT2D eigenvalue weighted by molar-refractivity contribution is 5.99. The molecule has 2 aliphatic heterocycles. The van der Waals surface area contributed by atoms with Gasteiger partial charge in [-0.25, -0.2) is 4.79 Å². The third-order valence-electron chi connectivity index (χ3n) is 7.52. The fourth-order valence-corrected chi connectivity index (χ4v) is 5.31. The van der Waals surface area contributed by atoms with E-state index >= 15 is 0 Å². The van der Waals surface area contributed by atoms with E-state index in [1.807, 2.05) is 80.4 Å². The molecule has 1 unspecified atom stereocenters. The number of nitrogens with one attached hydrogen (secondary N) is 1. The van der Waals surface area contributed by atoms with Crippen LogP contribution in [0.15, 0.2) is 60.9 Å². The second-order valence-electron chi connectivity index (χ2n) is 11.6. The average Bonchev–Trinajstić information content (AvgIpc) is 3.32. The van der Waals surface area contributed by atoms with Crippen LogP contribution in [0.5, 0.6) is 0 Å². The zero-order valence-corrected chi connectivity index (χ0v) is 22.9. The molecule has 5 rings (SSSR count). The van der Waals surface area contributed by atoms with Crippen molar-refractivity contribution in [1.82, 2.24) is 15.2 Å². The molecule has 8 nitrogen and oxygen atoms in total. The summed E-state index contributed by atoms with van der Waals surface area (Å²) in [5.41, 5.74) is 2.06. The van der Waals surface area contributed by atoms with Crippen LogP contribution < -0.4 is 10.2 Å². The van der Waals surface area contributed by atoms with Gasteiger partial charge in [-0.15, -0.1) is 0 Å². The molecule has 0 spiro atoms. The molecule has 2 aromatic carbocycles. The predicted molar refractivity (Wildman–Crippen MR) is 151 cm³/mol. The second kappa shape index (κ2) is 11.0. The summed E-state index contributed by atoms with van der Waals surface area (Å²) in [6, 6.07) is 15.6. The van der Waals surface area contributed by atoms with Crippen molar-refractivity contribution in [2.24, 2.45) is 5.92 Å². The van der Waals surface area contributed by atoms with Gasteiger partial charge in [0.15, 0.2) is 0 Å². The Bertz CT molecular complexity index is 1360. The molecular formula is C31H36N4O4. The van der Waals surface area contributed by atoms with E-state index in [-0.39, 0.29) is 23.8 Å². The first kappa shape index (κ1) is 26.7. The molecule has 2 aliphatic rings. The van der Waals surface area contributed by atoms with E-state index in [4.69, 9.17) is 4.74 Å². The molecule has 3 aromatic rings. The minimum absolute atomic E-state index is 0.0814. The number of nitrogens with zero attached hydrogens (tertiary/aromatic N) is 3. The number of hydrogen-bond acceptors (Lipinski definition) is 5. The lowest BCUT2D eigenvalue weighted by Crippen LogP contribution is -2.43. The summed E-state index contributed by atoms with van der Waals surface area (Å²) < 4.78 is 5.46. The molecule has 0 saturated carbocycles. The second-order valence-corrected chi connectivity index (χ2v) is 11.6. The van der Waals surface area contributed by atoms with Crippen LogP contribution in [0.1, 0.15) is 61.9 Å². The van der Waals surface area contributed by atoms with Crippen LogP contribution in [-0.4, -0.2) is 59.6 Å². The maximum absolute atomic E-state index is 12.8. The molecule has 0 bridgehead atoms. The van der Waals surface area contributed by atoms with E-state index < -0.39 is 5.60 Å². The van der Waals surface area contributed by atoms with Gasteiger partial charge in [0.2, 0.25) is 5.91 Å². The van der Waals surface area contributed by atoms with Crippen LogP contribution in [0.3, 0.4) is 0 Å². The average molecular weight is 529 g/mol. The van der Waals surface area contributed by atoms with Crippen molar-refractivity contribution >= 4 is 34.4 Å². The molecule has 0 aliphatic carbocycles. The highest BCUT2D eigenvalue weighted by atomic mass is 16.6. The number of rotatable bonds is 5. The van der Waals surface area contributed by atoms with Crippen molar-refractivity contribution in [3.05, 3.63) is 72.1 Å². The van der Waals surface area contributed by atoms with Crippen molar-refractivity contribution in [3.8, 4) is 0 Å². The van der Waals surface area contributed by atoms with Crippen LogP contribution in [0.25, 0.3) is 10.8 Å². The van der Waals surface area contributed by atoms with Crippen LogP contribution in [0, 0.1) is 5.92 Å². The third kappa shape index (κ3) is 6.38. The maximum Gasteiger partial charge on any atom is 0.410 e. The van der Waals surface area contributed by atoms with E-state index in [0.29, 0.717) is 44.1 Å². The van der Waals surface area contributed by atoms with Gasteiger partial charge in [0, 0.05) is 67.5 Å². The number of hydrogen-bond donors (Lipinski definition) is 1. The van der Waals surface area contributed by atoms with E-state index in [0.717, 1.165) is 34.9 Å². The van der Waals surface area contributed by atoms with Crippen LogP contribution in [0.2, 0.25) is 0 Å². The molecule has 2 fully saturated rings. The zero-order valence-electron chi connectivity index (χ0n) is 22.9. The Kier molecular flexibility index (Phi) is 7.55. The van der Waals surface area contributed by atoms with Gasteiger partial charge in [-0.05, 0) is 80.8 Å². The number of pyridine rings is 1. The lowest BCUT2D eigenvalue weighted by molar-refractivity contribution is -0.117. The number of carbonyl (C=O) groups is 3. The molecule has 204 valence electrons. The first-order chi connectivity index (χ1) is 18.7. The van der Waals surface area contributed by atoms with Crippen LogP contribution in [0.4, 0.5) is 10.5 Å². The number of piperidine rings is 1. The Morgan fingerprint density at radius 2 is 1.77 bits per heavy atom. The van der Waals surface area contributed by atoms with Gasteiger partial charge in [0.25, 0.3) is 5.91 Å². The number of anilines is 1. The minimum Gasteiger partial charge on any atom is -0.444 e. The first-order valence-corrected chi connectivity index (χ1v) is 13.7. The molecule has 1 aromatic heterocycles. The van der Waals surface area contributed by atoms with E-state index in [2.05, 4.69) is 10.3 Å². The van der Waals surface area contributed by atoms with Crippen molar-refractivity contribution in [2.75, 3.05) is 31.1 Å². The van der Waals surface area contributed by atoms with Gasteiger partial charge < -0.3 is 19.9 Å². The first-order valence-electron chi connectivity index (χ1n) is 13.7. The lowest BCUT2D eigenvalue weighted by Gasteiger charge is -2.33. The Morgan fingerprint density at radius 3 is 2.49 bits per heavy atom. The number of aromatic nitrogens is 1. The Labute approximate surface area is 229 Å². The number of fused-ring (bicyclic) bond motifs is 1. The summed E-state index contributed by atoms with van der Waals surface area (Å²) in [5.74, 6) is 0.408. The van der Waals surface area contributed by atoms with Gasteiger partial charge in [-0.1, -0.05) is 18.2 Å². The topological polar surface area (TPSA) is 91.8 Å². The largest absolute Gasteiger partial charge is 0.444 e.